The van der Waals surface area contributed by atoms with Crippen molar-refractivity contribution in [3.8, 4) is 11.1 Å². The van der Waals surface area contributed by atoms with Gasteiger partial charge in [-0.15, -0.1) is 10.2 Å². The Bertz CT molecular complexity index is 1290. The fraction of sp³-hybridized carbons (Fsp3) is 0.333. The van der Waals surface area contributed by atoms with Gasteiger partial charge >= 0.3 is 0 Å². The quantitative estimate of drug-likeness (QED) is 0.666. The van der Waals surface area contributed by atoms with Crippen molar-refractivity contribution in [3.63, 3.8) is 0 Å². The molecule has 0 bridgehead atoms. The van der Waals surface area contributed by atoms with Crippen LogP contribution in [0, 0.1) is 12.3 Å². The van der Waals surface area contributed by atoms with Crippen LogP contribution in [-0.2, 0) is 15.6 Å². The van der Waals surface area contributed by atoms with Gasteiger partial charge in [0.05, 0.1) is 16.5 Å². The van der Waals surface area contributed by atoms with E-state index in [2.05, 4.69) is 20.2 Å². The number of amidine groups is 1. The Morgan fingerprint density at radius 1 is 0.906 bits per heavy atom. The van der Waals surface area contributed by atoms with Gasteiger partial charge < -0.3 is 4.90 Å². The van der Waals surface area contributed by atoms with Crippen molar-refractivity contribution in [2.45, 2.75) is 45.4 Å². The first-order valence-corrected chi connectivity index (χ1v) is 10.5. The van der Waals surface area contributed by atoms with E-state index < -0.39 is 10.8 Å². The number of anilines is 3. The second-order valence-corrected chi connectivity index (χ2v) is 9.49. The molecule has 2 aromatic heterocycles. The summed E-state index contributed by atoms with van der Waals surface area (Å²) in [4.78, 5) is 25.5. The van der Waals surface area contributed by atoms with Gasteiger partial charge in [-0.1, -0.05) is 12.1 Å². The number of fused-ring (bicyclic) bond motifs is 2. The van der Waals surface area contributed by atoms with E-state index in [-0.39, 0.29) is 5.91 Å². The smallest absolute Gasteiger partial charge is 0.242 e. The molecule has 2 aliphatic heterocycles. The Balaban J connectivity index is 1.67. The van der Waals surface area contributed by atoms with Crippen molar-refractivity contribution < 1.29 is 4.79 Å². The standard InChI is InChI=1S/C24H25N7O/c1-13-26-11-15(12-27-13)14-7-8-16-18(9-14)31(22(32)24(16,4)5)19-10-17-20(29-28-19)30(6)21(25)23(17,2)3/h7-12,25H,1-6H3. The number of rotatable bonds is 2. The Hall–Kier alpha value is -3.68. The molecule has 0 atom stereocenters. The third-order valence-electron chi connectivity index (χ3n) is 6.67. The predicted molar refractivity (Wildman–Crippen MR) is 124 cm³/mol. The summed E-state index contributed by atoms with van der Waals surface area (Å²) >= 11 is 0. The van der Waals surface area contributed by atoms with Gasteiger partial charge in [0.15, 0.2) is 11.6 Å². The molecule has 0 saturated carbocycles. The molecular formula is C24H25N7O. The highest BCUT2D eigenvalue weighted by atomic mass is 16.2. The van der Waals surface area contributed by atoms with Crippen LogP contribution < -0.4 is 9.80 Å². The third-order valence-corrected chi connectivity index (χ3v) is 6.67. The lowest BCUT2D eigenvalue weighted by molar-refractivity contribution is -0.121. The van der Waals surface area contributed by atoms with Crippen molar-refractivity contribution in [3.05, 3.63) is 53.6 Å². The molecule has 3 aromatic rings. The molecule has 5 rings (SSSR count). The van der Waals surface area contributed by atoms with Gasteiger partial charge in [-0.05, 0) is 57.9 Å². The van der Waals surface area contributed by atoms with Crippen molar-refractivity contribution in [1.29, 1.82) is 5.41 Å². The molecule has 4 heterocycles. The van der Waals surface area contributed by atoms with Gasteiger partial charge in [-0.2, -0.15) is 0 Å². The second kappa shape index (κ2) is 6.41. The molecule has 0 saturated heterocycles. The molecule has 0 spiro atoms. The summed E-state index contributed by atoms with van der Waals surface area (Å²) in [5.41, 5.74) is 3.20. The fourth-order valence-corrected chi connectivity index (χ4v) is 4.54. The predicted octanol–water partition coefficient (Wildman–Crippen LogP) is 3.90. The zero-order valence-electron chi connectivity index (χ0n) is 19.1. The van der Waals surface area contributed by atoms with E-state index in [9.17, 15) is 4.79 Å². The Morgan fingerprint density at radius 3 is 2.28 bits per heavy atom. The Labute approximate surface area is 186 Å². The van der Waals surface area contributed by atoms with Gasteiger partial charge in [-0.25, -0.2) is 9.97 Å². The highest BCUT2D eigenvalue weighted by molar-refractivity contribution is 6.13. The number of aryl methyl sites for hydroxylation is 1. The maximum absolute atomic E-state index is 13.5. The fourth-order valence-electron chi connectivity index (χ4n) is 4.54. The number of hydrogen-bond donors (Lipinski definition) is 1. The SMILES string of the molecule is Cc1ncc(-c2ccc3c(c2)N(c2cc4c(nn2)N(C)C(=N)C4(C)C)C(=O)C3(C)C)cn1. The molecule has 0 fully saturated rings. The number of aromatic nitrogens is 4. The molecule has 32 heavy (non-hydrogen) atoms. The average Bonchev–Trinajstić information content (AvgIpc) is 3.07. The molecule has 1 amide bonds. The van der Waals surface area contributed by atoms with E-state index in [0.717, 1.165) is 27.9 Å². The molecule has 2 aliphatic rings. The van der Waals surface area contributed by atoms with Crippen molar-refractivity contribution in [2.24, 2.45) is 0 Å². The Morgan fingerprint density at radius 2 is 1.59 bits per heavy atom. The minimum absolute atomic E-state index is 0.0571. The highest BCUT2D eigenvalue weighted by Gasteiger charge is 2.47. The number of nitrogens with one attached hydrogen (secondary N) is 1. The van der Waals surface area contributed by atoms with Crippen LogP contribution in [0.1, 0.15) is 44.6 Å². The van der Waals surface area contributed by atoms with Crippen LogP contribution in [-0.4, -0.2) is 39.0 Å². The summed E-state index contributed by atoms with van der Waals surface area (Å²) in [6.07, 6.45) is 3.57. The van der Waals surface area contributed by atoms with Crippen LogP contribution in [0.3, 0.4) is 0 Å². The normalized spacial score (nSPS) is 18.2. The van der Waals surface area contributed by atoms with Crippen molar-refractivity contribution >= 4 is 29.1 Å². The van der Waals surface area contributed by atoms with E-state index in [4.69, 9.17) is 5.41 Å². The number of likely N-dealkylation sites (N-methyl/N-ethyl adjacent to an activating group) is 1. The van der Waals surface area contributed by atoms with Crippen molar-refractivity contribution in [2.75, 3.05) is 16.8 Å². The summed E-state index contributed by atoms with van der Waals surface area (Å²) in [6, 6.07) is 7.88. The van der Waals surface area contributed by atoms with Crippen LogP contribution in [0.15, 0.2) is 36.7 Å². The maximum Gasteiger partial charge on any atom is 0.242 e. The lowest BCUT2D eigenvalue weighted by Gasteiger charge is -2.21. The van der Waals surface area contributed by atoms with E-state index in [1.807, 2.05) is 65.9 Å². The maximum atomic E-state index is 13.5. The number of benzene rings is 1. The van der Waals surface area contributed by atoms with E-state index in [1.165, 1.54) is 0 Å². The number of nitrogens with zero attached hydrogens (tertiary/aromatic N) is 6. The van der Waals surface area contributed by atoms with E-state index in [0.29, 0.717) is 23.3 Å². The van der Waals surface area contributed by atoms with E-state index >= 15 is 0 Å². The Kier molecular flexibility index (Phi) is 4.06. The molecule has 0 radical (unpaired) electrons. The van der Waals surface area contributed by atoms with E-state index in [1.54, 1.807) is 22.2 Å². The van der Waals surface area contributed by atoms with Crippen LogP contribution in [0.2, 0.25) is 0 Å². The number of carbonyl (C=O) groups excluding carboxylic acids is 1. The minimum Gasteiger partial charge on any atom is -0.316 e. The van der Waals surface area contributed by atoms with Gasteiger partial charge in [0.1, 0.15) is 11.7 Å². The van der Waals surface area contributed by atoms with Crippen LogP contribution >= 0.6 is 0 Å². The first kappa shape index (κ1) is 20.2. The summed E-state index contributed by atoms with van der Waals surface area (Å²) < 4.78 is 0. The topological polar surface area (TPSA) is 99.0 Å². The second-order valence-electron chi connectivity index (χ2n) is 9.49. The molecular weight excluding hydrogens is 402 g/mol. The third kappa shape index (κ3) is 2.62. The highest BCUT2D eigenvalue weighted by Crippen LogP contribution is 2.48. The molecule has 1 N–H and O–H groups in total. The molecule has 0 unspecified atom stereocenters. The molecule has 162 valence electrons. The first-order valence-electron chi connectivity index (χ1n) is 10.5. The largest absolute Gasteiger partial charge is 0.316 e. The number of carbonyl (C=O) groups is 1. The number of hydrogen-bond acceptors (Lipinski definition) is 6. The lowest BCUT2D eigenvalue weighted by atomic mass is 9.85. The van der Waals surface area contributed by atoms with Crippen LogP contribution in [0.4, 0.5) is 17.3 Å². The van der Waals surface area contributed by atoms with Gasteiger partial charge in [0, 0.05) is 30.6 Å². The first-order chi connectivity index (χ1) is 15.0. The molecule has 8 nitrogen and oxygen atoms in total. The molecule has 0 aliphatic carbocycles. The van der Waals surface area contributed by atoms with Crippen LogP contribution in [0.25, 0.3) is 11.1 Å². The summed E-state index contributed by atoms with van der Waals surface area (Å²) in [5.74, 6) is 2.22. The van der Waals surface area contributed by atoms with Gasteiger partial charge in [-0.3, -0.25) is 15.1 Å². The summed E-state index contributed by atoms with van der Waals surface area (Å²) in [7, 11) is 1.82. The van der Waals surface area contributed by atoms with Gasteiger partial charge in [0.2, 0.25) is 5.91 Å². The minimum atomic E-state index is -0.697. The number of amides is 1. The van der Waals surface area contributed by atoms with Gasteiger partial charge in [0.25, 0.3) is 0 Å². The zero-order valence-corrected chi connectivity index (χ0v) is 19.1. The lowest BCUT2D eigenvalue weighted by Crippen LogP contribution is -2.34. The zero-order chi connectivity index (χ0) is 23.0. The van der Waals surface area contributed by atoms with Crippen LogP contribution in [0.5, 0.6) is 0 Å². The molecule has 1 aromatic carbocycles. The summed E-state index contributed by atoms with van der Waals surface area (Å²) in [6.45, 7) is 9.68. The van der Waals surface area contributed by atoms with Crippen molar-refractivity contribution in [1.82, 2.24) is 20.2 Å². The monoisotopic (exact) mass is 427 g/mol. The molecule has 8 heteroatoms. The average molecular weight is 428 g/mol. The summed E-state index contributed by atoms with van der Waals surface area (Å²) in [5, 5.41) is 17.2.